The second-order valence-corrected chi connectivity index (χ2v) is 7.56. The lowest BCUT2D eigenvalue weighted by molar-refractivity contribution is -0.385. The van der Waals surface area contributed by atoms with Crippen LogP contribution in [-0.4, -0.2) is 49.1 Å². The maximum absolute atomic E-state index is 13.0. The normalized spacial score (nSPS) is 16.0. The number of benzene rings is 2. The van der Waals surface area contributed by atoms with Crippen molar-refractivity contribution in [2.45, 2.75) is 25.5 Å². The van der Waals surface area contributed by atoms with E-state index in [2.05, 4.69) is 0 Å². The third kappa shape index (κ3) is 5.67. The molecule has 1 aliphatic rings. The number of ether oxygens (including phenoxy) is 1. The summed E-state index contributed by atoms with van der Waals surface area (Å²) in [6.45, 7) is 1.67. The van der Waals surface area contributed by atoms with E-state index in [1.165, 1.54) is 18.2 Å². The van der Waals surface area contributed by atoms with Gasteiger partial charge in [-0.25, -0.2) is 0 Å². The minimum absolute atomic E-state index is 0.0218. The fourth-order valence-corrected chi connectivity index (χ4v) is 3.45. The summed E-state index contributed by atoms with van der Waals surface area (Å²) in [5.41, 5.74) is 2.49. The van der Waals surface area contributed by atoms with Crippen LogP contribution in [0.15, 0.2) is 54.6 Å². The Labute approximate surface area is 176 Å². The SMILES string of the molecule is CN(C)c1ccc(CN(CC2CCCO2)C(=O)C=Cc2ccccc2[N+](=O)[O-])cc1. The molecule has 0 aliphatic carbocycles. The van der Waals surface area contributed by atoms with E-state index < -0.39 is 4.92 Å². The number of carbonyl (C=O) groups excluding carboxylic acids is 1. The summed E-state index contributed by atoms with van der Waals surface area (Å²) in [6.07, 6.45) is 4.87. The van der Waals surface area contributed by atoms with Crippen LogP contribution in [-0.2, 0) is 16.1 Å². The summed E-state index contributed by atoms with van der Waals surface area (Å²) in [4.78, 5) is 27.5. The van der Waals surface area contributed by atoms with Crippen molar-refractivity contribution in [3.8, 4) is 0 Å². The molecule has 2 aromatic rings. The van der Waals surface area contributed by atoms with E-state index in [0.717, 1.165) is 30.7 Å². The number of nitro groups is 1. The number of anilines is 1. The number of hydrogen-bond donors (Lipinski definition) is 0. The molecular weight excluding hydrogens is 382 g/mol. The molecule has 1 aliphatic heterocycles. The van der Waals surface area contributed by atoms with Crippen molar-refractivity contribution in [1.29, 1.82) is 0 Å². The molecule has 0 N–H and O–H groups in total. The minimum Gasteiger partial charge on any atom is -0.378 e. The van der Waals surface area contributed by atoms with Crippen molar-refractivity contribution in [3.63, 3.8) is 0 Å². The molecule has 0 spiro atoms. The maximum atomic E-state index is 13.0. The first-order chi connectivity index (χ1) is 14.4. The van der Waals surface area contributed by atoms with Crippen LogP contribution in [0.1, 0.15) is 24.0 Å². The molecule has 0 radical (unpaired) electrons. The molecule has 7 heteroatoms. The minimum atomic E-state index is -0.444. The number of carbonyl (C=O) groups is 1. The average molecular weight is 409 g/mol. The second kappa shape index (κ2) is 10.0. The first-order valence-electron chi connectivity index (χ1n) is 10.0. The van der Waals surface area contributed by atoms with Gasteiger partial charge in [0.1, 0.15) is 0 Å². The van der Waals surface area contributed by atoms with Gasteiger partial charge in [0.2, 0.25) is 5.91 Å². The lowest BCUT2D eigenvalue weighted by Crippen LogP contribution is -2.35. The lowest BCUT2D eigenvalue weighted by Gasteiger charge is -2.25. The summed E-state index contributed by atoms with van der Waals surface area (Å²) in [7, 11) is 3.96. The molecule has 1 heterocycles. The fraction of sp³-hybridized carbons (Fsp3) is 0.348. The second-order valence-electron chi connectivity index (χ2n) is 7.56. The van der Waals surface area contributed by atoms with Gasteiger partial charge in [-0.15, -0.1) is 0 Å². The monoisotopic (exact) mass is 409 g/mol. The molecule has 1 atom stereocenters. The smallest absolute Gasteiger partial charge is 0.276 e. The number of hydrogen-bond acceptors (Lipinski definition) is 5. The Kier molecular flexibility index (Phi) is 7.19. The highest BCUT2D eigenvalue weighted by atomic mass is 16.6. The number of nitro benzene ring substituents is 1. The van der Waals surface area contributed by atoms with Crippen molar-refractivity contribution < 1.29 is 14.5 Å². The third-order valence-electron chi connectivity index (χ3n) is 5.12. The molecule has 1 saturated heterocycles. The molecule has 158 valence electrons. The quantitative estimate of drug-likeness (QED) is 0.376. The van der Waals surface area contributed by atoms with Gasteiger partial charge in [0, 0.05) is 51.6 Å². The van der Waals surface area contributed by atoms with Gasteiger partial charge in [0.15, 0.2) is 0 Å². The molecule has 1 amide bonds. The molecule has 3 rings (SSSR count). The Balaban J connectivity index is 1.77. The molecule has 30 heavy (non-hydrogen) atoms. The van der Waals surface area contributed by atoms with Gasteiger partial charge in [0.25, 0.3) is 5.69 Å². The van der Waals surface area contributed by atoms with E-state index in [1.54, 1.807) is 23.1 Å². The lowest BCUT2D eigenvalue weighted by atomic mass is 10.1. The van der Waals surface area contributed by atoms with Gasteiger partial charge in [-0.2, -0.15) is 0 Å². The zero-order valence-electron chi connectivity index (χ0n) is 17.4. The van der Waals surface area contributed by atoms with E-state index in [9.17, 15) is 14.9 Å². The van der Waals surface area contributed by atoms with E-state index >= 15 is 0 Å². The summed E-state index contributed by atoms with van der Waals surface area (Å²) in [6, 6.07) is 14.5. The van der Waals surface area contributed by atoms with Crippen LogP contribution in [0.25, 0.3) is 6.08 Å². The molecule has 1 unspecified atom stereocenters. The summed E-state index contributed by atoms with van der Waals surface area (Å²) in [5, 5.41) is 11.2. The highest BCUT2D eigenvalue weighted by Gasteiger charge is 2.22. The molecular formula is C23H27N3O4. The van der Waals surface area contributed by atoms with Gasteiger partial charge in [0.05, 0.1) is 16.6 Å². The van der Waals surface area contributed by atoms with Crippen LogP contribution in [0.2, 0.25) is 0 Å². The number of para-hydroxylation sites is 1. The first-order valence-corrected chi connectivity index (χ1v) is 10.0. The van der Waals surface area contributed by atoms with Gasteiger partial charge < -0.3 is 14.5 Å². The topological polar surface area (TPSA) is 75.9 Å². The predicted octanol–water partition coefficient (Wildman–Crippen LogP) is 3.88. The number of rotatable bonds is 8. The summed E-state index contributed by atoms with van der Waals surface area (Å²) >= 11 is 0. The zero-order valence-corrected chi connectivity index (χ0v) is 17.4. The Bertz CT molecular complexity index is 903. The molecule has 1 fully saturated rings. The zero-order chi connectivity index (χ0) is 21.5. The molecule has 0 saturated carbocycles. The summed E-state index contributed by atoms with van der Waals surface area (Å²) < 4.78 is 5.72. The van der Waals surface area contributed by atoms with Crippen LogP contribution >= 0.6 is 0 Å². The largest absolute Gasteiger partial charge is 0.378 e. The Hall–Kier alpha value is -3.19. The molecule has 0 aromatic heterocycles. The van der Waals surface area contributed by atoms with Gasteiger partial charge in [-0.05, 0) is 42.7 Å². The molecule has 7 nitrogen and oxygen atoms in total. The Morgan fingerprint density at radius 3 is 2.57 bits per heavy atom. The van der Waals surface area contributed by atoms with Crippen LogP contribution in [0.4, 0.5) is 11.4 Å². The Morgan fingerprint density at radius 1 is 1.20 bits per heavy atom. The maximum Gasteiger partial charge on any atom is 0.276 e. The van der Waals surface area contributed by atoms with Crippen LogP contribution in [0.5, 0.6) is 0 Å². The van der Waals surface area contributed by atoms with Gasteiger partial charge in [-0.1, -0.05) is 24.3 Å². The van der Waals surface area contributed by atoms with E-state index in [4.69, 9.17) is 4.74 Å². The fourth-order valence-electron chi connectivity index (χ4n) is 3.45. The van der Waals surface area contributed by atoms with E-state index in [-0.39, 0.29) is 17.7 Å². The molecule has 2 aromatic carbocycles. The first kappa shape index (κ1) is 21.5. The highest BCUT2D eigenvalue weighted by Crippen LogP contribution is 2.20. The van der Waals surface area contributed by atoms with Crippen molar-refractivity contribution in [1.82, 2.24) is 4.90 Å². The third-order valence-corrected chi connectivity index (χ3v) is 5.12. The molecule has 0 bridgehead atoms. The van der Waals surface area contributed by atoms with Crippen molar-refractivity contribution in [2.75, 3.05) is 32.1 Å². The van der Waals surface area contributed by atoms with Gasteiger partial charge >= 0.3 is 0 Å². The van der Waals surface area contributed by atoms with Crippen LogP contribution in [0, 0.1) is 10.1 Å². The number of nitrogens with zero attached hydrogens (tertiary/aromatic N) is 3. The van der Waals surface area contributed by atoms with Crippen molar-refractivity contribution >= 4 is 23.4 Å². The van der Waals surface area contributed by atoms with Crippen molar-refractivity contribution in [2.24, 2.45) is 0 Å². The summed E-state index contributed by atoms with van der Waals surface area (Å²) in [5.74, 6) is -0.194. The predicted molar refractivity (Wildman–Crippen MR) is 117 cm³/mol. The standard InChI is InChI=1S/C23H27N3O4/c1-24(2)20-12-9-18(10-13-20)16-25(17-21-7-5-15-30-21)23(27)14-11-19-6-3-4-8-22(19)26(28)29/h3-4,6,8-14,21H,5,7,15-17H2,1-2H3. The van der Waals surface area contributed by atoms with Crippen LogP contribution < -0.4 is 4.90 Å². The van der Waals surface area contributed by atoms with E-state index in [0.29, 0.717) is 18.7 Å². The van der Waals surface area contributed by atoms with Gasteiger partial charge in [-0.3, -0.25) is 14.9 Å². The van der Waals surface area contributed by atoms with E-state index in [1.807, 2.05) is 43.3 Å². The average Bonchev–Trinajstić information content (AvgIpc) is 3.25. The van der Waals surface area contributed by atoms with Crippen LogP contribution in [0.3, 0.4) is 0 Å². The Morgan fingerprint density at radius 2 is 1.93 bits per heavy atom. The van der Waals surface area contributed by atoms with Crippen molar-refractivity contribution in [3.05, 3.63) is 75.8 Å². The number of amides is 1. The highest BCUT2D eigenvalue weighted by molar-refractivity contribution is 5.92.